The van der Waals surface area contributed by atoms with E-state index in [1.807, 2.05) is 0 Å². The van der Waals surface area contributed by atoms with Gasteiger partial charge in [0.15, 0.2) is 15.6 Å². The SMILES string of the molecule is Cc1ccoc1C(=O)NC(C)C(=O)N1CCS(=O)(=O)CC1. The van der Waals surface area contributed by atoms with Gasteiger partial charge in [0.25, 0.3) is 5.91 Å². The first-order valence-electron chi connectivity index (χ1n) is 6.64. The molecule has 1 aliphatic heterocycles. The van der Waals surface area contributed by atoms with Crippen molar-refractivity contribution in [3.05, 3.63) is 23.7 Å². The summed E-state index contributed by atoms with van der Waals surface area (Å²) in [4.78, 5) is 25.6. The van der Waals surface area contributed by atoms with Crippen LogP contribution in [-0.2, 0) is 14.6 Å². The number of furan rings is 1. The molecule has 0 bridgehead atoms. The number of amides is 2. The lowest BCUT2D eigenvalue weighted by molar-refractivity contribution is -0.132. The summed E-state index contributed by atoms with van der Waals surface area (Å²) in [5.74, 6) is -0.630. The van der Waals surface area contributed by atoms with Gasteiger partial charge in [0.1, 0.15) is 6.04 Å². The molecule has 0 aromatic carbocycles. The topological polar surface area (TPSA) is 96.7 Å². The van der Waals surface area contributed by atoms with Crippen LogP contribution in [0.4, 0.5) is 0 Å². The van der Waals surface area contributed by atoms with E-state index >= 15 is 0 Å². The Morgan fingerprint density at radius 1 is 1.33 bits per heavy atom. The number of aryl methyl sites for hydroxylation is 1. The maximum absolute atomic E-state index is 12.2. The van der Waals surface area contributed by atoms with Crippen LogP contribution in [0.3, 0.4) is 0 Å². The molecule has 1 aromatic rings. The molecule has 116 valence electrons. The minimum Gasteiger partial charge on any atom is -0.459 e. The molecule has 1 fully saturated rings. The van der Waals surface area contributed by atoms with Crippen molar-refractivity contribution in [2.75, 3.05) is 24.6 Å². The Bertz CT molecular complexity index is 635. The van der Waals surface area contributed by atoms with Crippen molar-refractivity contribution in [3.63, 3.8) is 0 Å². The average molecular weight is 314 g/mol. The zero-order chi connectivity index (χ0) is 15.6. The highest BCUT2D eigenvalue weighted by atomic mass is 32.2. The van der Waals surface area contributed by atoms with Gasteiger partial charge in [-0.2, -0.15) is 0 Å². The Kier molecular flexibility index (Phi) is 4.36. The molecule has 0 radical (unpaired) electrons. The molecular weight excluding hydrogens is 296 g/mol. The van der Waals surface area contributed by atoms with Gasteiger partial charge in [-0.15, -0.1) is 0 Å². The summed E-state index contributed by atoms with van der Waals surface area (Å²) in [6.07, 6.45) is 1.41. The van der Waals surface area contributed by atoms with E-state index in [0.717, 1.165) is 0 Å². The highest BCUT2D eigenvalue weighted by Gasteiger charge is 2.29. The summed E-state index contributed by atoms with van der Waals surface area (Å²) >= 11 is 0. The van der Waals surface area contributed by atoms with Crippen molar-refractivity contribution >= 4 is 21.7 Å². The Labute approximate surface area is 123 Å². The fraction of sp³-hybridized carbons (Fsp3) is 0.538. The van der Waals surface area contributed by atoms with Gasteiger partial charge in [0.2, 0.25) is 5.91 Å². The average Bonchev–Trinajstić information content (AvgIpc) is 2.84. The maximum atomic E-state index is 12.2. The number of rotatable bonds is 3. The number of carbonyl (C=O) groups is 2. The van der Waals surface area contributed by atoms with Crippen LogP contribution in [0.1, 0.15) is 23.0 Å². The van der Waals surface area contributed by atoms with Crippen molar-refractivity contribution in [2.45, 2.75) is 19.9 Å². The van der Waals surface area contributed by atoms with Crippen LogP contribution >= 0.6 is 0 Å². The molecule has 0 spiro atoms. The maximum Gasteiger partial charge on any atom is 0.287 e. The second-order valence-electron chi connectivity index (χ2n) is 5.10. The predicted octanol–water partition coefficient (Wildman–Crippen LogP) is -0.0367. The zero-order valence-electron chi connectivity index (χ0n) is 12.0. The molecule has 1 aliphatic rings. The van der Waals surface area contributed by atoms with Crippen LogP contribution in [0.15, 0.2) is 16.7 Å². The highest BCUT2D eigenvalue weighted by Crippen LogP contribution is 2.10. The van der Waals surface area contributed by atoms with E-state index in [-0.39, 0.29) is 36.3 Å². The summed E-state index contributed by atoms with van der Waals surface area (Å²) in [5, 5.41) is 2.57. The number of nitrogens with one attached hydrogen (secondary N) is 1. The Balaban J connectivity index is 1.94. The van der Waals surface area contributed by atoms with Crippen LogP contribution in [0.25, 0.3) is 0 Å². The zero-order valence-corrected chi connectivity index (χ0v) is 12.8. The summed E-state index contributed by atoms with van der Waals surface area (Å²) in [7, 11) is -3.04. The number of hydrogen-bond acceptors (Lipinski definition) is 5. The van der Waals surface area contributed by atoms with Crippen molar-refractivity contribution in [3.8, 4) is 0 Å². The third-order valence-electron chi connectivity index (χ3n) is 3.44. The van der Waals surface area contributed by atoms with E-state index in [1.165, 1.54) is 11.2 Å². The third-order valence-corrected chi connectivity index (χ3v) is 5.05. The minimum absolute atomic E-state index is 0.0311. The molecule has 2 rings (SSSR count). The molecule has 1 aromatic heterocycles. The predicted molar refractivity (Wildman–Crippen MR) is 75.6 cm³/mol. The standard InChI is InChI=1S/C13H18N2O5S/c1-9-3-6-20-11(9)12(16)14-10(2)13(17)15-4-7-21(18,19)8-5-15/h3,6,10H,4-5,7-8H2,1-2H3,(H,14,16). The first kappa shape index (κ1) is 15.6. The van der Waals surface area contributed by atoms with Gasteiger partial charge in [-0.05, 0) is 19.9 Å². The van der Waals surface area contributed by atoms with Crippen molar-refractivity contribution in [1.29, 1.82) is 0 Å². The van der Waals surface area contributed by atoms with Crippen molar-refractivity contribution < 1.29 is 22.4 Å². The van der Waals surface area contributed by atoms with Gasteiger partial charge in [0.05, 0.1) is 17.8 Å². The molecule has 7 nitrogen and oxygen atoms in total. The van der Waals surface area contributed by atoms with Gasteiger partial charge < -0.3 is 14.6 Å². The summed E-state index contributed by atoms with van der Waals surface area (Å²) in [5.41, 5.74) is 0.691. The molecule has 2 amide bonds. The first-order chi connectivity index (χ1) is 9.80. The van der Waals surface area contributed by atoms with Crippen LogP contribution in [-0.4, -0.2) is 55.8 Å². The molecular formula is C13H18N2O5S. The van der Waals surface area contributed by atoms with Gasteiger partial charge >= 0.3 is 0 Å². The molecule has 21 heavy (non-hydrogen) atoms. The Morgan fingerprint density at radius 2 is 1.95 bits per heavy atom. The summed E-state index contributed by atoms with van der Waals surface area (Å²) < 4.78 is 27.7. The Hall–Kier alpha value is -1.83. The van der Waals surface area contributed by atoms with Crippen LogP contribution in [0.5, 0.6) is 0 Å². The Morgan fingerprint density at radius 3 is 2.48 bits per heavy atom. The number of sulfone groups is 1. The fourth-order valence-electron chi connectivity index (χ4n) is 2.14. The second-order valence-corrected chi connectivity index (χ2v) is 7.41. The van der Waals surface area contributed by atoms with Gasteiger partial charge in [-0.25, -0.2) is 8.42 Å². The molecule has 8 heteroatoms. The first-order valence-corrected chi connectivity index (χ1v) is 8.46. The van der Waals surface area contributed by atoms with Crippen LogP contribution in [0.2, 0.25) is 0 Å². The minimum atomic E-state index is -3.04. The third kappa shape index (κ3) is 3.63. The van der Waals surface area contributed by atoms with Gasteiger partial charge in [-0.1, -0.05) is 0 Å². The van der Waals surface area contributed by atoms with Crippen molar-refractivity contribution in [2.24, 2.45) is 0 Å². The fourth-order valence-corrected chi connectivity index (χ4v) is 3.34. The molecule has 2 heterocycles. The molecule has 1 N–H and O–H groups in total. The molecule has 0 aliphatic carbocycles. The lowest BCUT2D eigenvalue weighted by atomic mass is 10.2. The van der Waals surface area contributed by atoms with Crippen LogP contribution in [0, 0.1) is 6.92 Å². The number of nitrogens with zero attached hydrogens (tertiary/aromatic N) is 1. The van der Waals surface area contributed by atoms with Crippen LogP contribution < -0.4 is 5.32 Å². The van der Waals surface area contributed by atoms with E-state index in [0.29, 0.717) is 5.56 Å². The lowest BCUT2D eigenvalue weighted by Crippen LogP contribution is -2.51. The molecule has 1 saturated heterocycles. The highest BCUT2D eigenvalue weighted by molar-refractivity contribution is 7.91. The second kappa shape index (κ2) is 5.88. The largest absolute Gasteiger partial charge is 0.459 e. The summed E-state index contributed by atoms with van der Waals surface area (Å²) in [6, 6.07) is 0.930. The van der Waals surface area contributed by atoms with E-state index in [9.17, 15) is 18.0 Å². The lowest BCUT2D eigenvalue weighted by Gasteiger charge is -2.29. The monoisotopic (exact) mass is 314 g/mol. The molecule has 1 atom stereocenters. The quantitative estimate of drug-likeness (QED) is 0.844. The molecule has 0 saturated carbocycles. The van der Waals surface area contributed by atoms with Gasteiger partial charge in [-0.3, -0.25) is 9.59 Å². The smallest absolute Gasteiger partial charge is 0.287 e. The van der Waals surface area contributed by atoms with E-state index in [2.05, 4.69) is 5.32 Å². The van der Waals surface area contributed by atoms with E-state index in [4.69, 9.17) is 4.42 Å². The normalized spacial score (nSPS) is 19.0. The van der Waals surface area contributed by atoms with E-state index in [1.54, 1.807) is 19.9 Å². The number of carbonyl (C=O) groups excluding carboxylic acids is 2. The summed E-state index contributed by atoms with van der Waals surface area (Å²) in [6.45, 7) is 3.64. The van der Waals surface area contributed by atoms with Crippen molar-refractivity contribution in [1.82, 2.24) is 10.2 Å². The van der Waals surface area contributed by atoms with Gasteiger partial charge in [0, 0.05) is 18.7 Å². The molecule has 1 unspecified atom stereocenters. The number of hydrogen-bond donors (Lipinski definition) is 1. The van der Waals surface area contributed by atoms with E-state index < -0.39 is 21.8 Å².